The molecule has 4 aromatic rings. The highest BCUT2D eigenvalue weighted by Gasteiger charge is 2.43. The third-order valence-corrected chi connectivity index (χ3v) is 18.3. The molecule has 10 rings (SSSR count). The molecule has 0 radical (unpaired) electrons. The first-order chi connectivity index (χ1) is 37.2. The maximum absolute atomic E-state index is 13.3. The normalized spacial score (nSPS) is 21.4. The lowest BCUT2D eigenvalue weighted by Crippen LogP contribution is -2.54. The van der Waals surface area contributed by atoms with E-state index in [4.69, 9.17) is 16.3 Å². The van der Waals surface area contributed by atoms with Crippen LogP contribution in [0.1, 0.15) is 86.6 Å². The number of hydrogen-bond donors (Lipinski definition) is 4. The number of carbonyl (C=O) groups is 5. The minimum atomic E-state index is -2.56. The molecule has 5 fully saturated rings. The molecule has 0 aliphatic carbocycles. The number of imide groups is 1. The molecule has 3 aromatic carbocycles. The Morgan fingerprint density at radius 1 is 0.805 bits per heavy atom. The molecule has 2 bridgehead atoms. The van der Waals surface area contributed by atoms with E-state index in [1.807, 2.05) is 36.4 Å². The van der Waals surface area contributed by atoms with Crippen molar-refractivity contribution >= 4 is 88.1 Å². The number of methoxy groups -OCH3 is 1. The Balaban J connectivity index is 0.590. The molecule has 3 atom stereocenters. The van der Waals surface area contributed by atoms with Crippen LogP contribution >= 0.6 is 18.7 Å². The quantitative estimate of drug-likeness (QED) is 0.0425. The standard InChI is InChI=1S/C56H72ClN12O7P/c1-76-48-32-38(17-18-45(48)61-56-58-33-43(57)53(63-56)60-46-12-4-5-14-49(46)77(2,3)75)64-25-21-37(22-26-64)65-27-29-66(30-28-65)52(72)16-7-9-24-68-35-39-31-40(68)34-67(39)23-8-6-15-50(70)59-44-13-10-11-41-42(44)36-69(55(41)74)47-19-20-51(71)62-54(47)73/h4-5,10-14,17-18,32-33,37,39-40,47H,6-9,15-16,19-31,34-36H2,1-3H3,(H,59,70)(H,62,71,73)(H2,58,60,61,63). The van der Waals surface area contributed by atoms with Gasteiger partial charge in [-0.3, -0.25) is 44.0 Å². The first-order valence-corrected chi connectivity index (χ1v) is 30.4. The van der Waals surface area contributed by atoms with E-state index >= 15 is 0 Å². The van der Waals surface area contributed by atoms with Gasteiger partial charge in [0.1, 0.15) is 24.0 Å². The molecule has 5 saturated heterocycles. The van der Waals surface area contributed by atoms with Gasteiger partial charge in [0.25, 0.3) is 5.91 Å². The Bertz CT molecular complexity index is 2910. The van der Waals surface area contributed by atoms with E-state index in [1.54, 1.807) is 38.6 Å². The first kappa shape index (κ1) is 54.3. The minimum absolute atomic E-state index is 0.0889. The molecule has 410 valence electrons. The lowest BCUT2D eigenvalue weighted by molar-refractivity contribution is -0.137. The highest BCUT2D eigenvalue weighted by molar-refractivity contribution is 7.70. The molecule has 1 aromatic heterocycles. The predicted molar refractivity (Wildman–Crippen MR) is 300 cm³/mol. The number of anilines is 6. The number of benzene rings is 3. The fraction of sp³-hybridized carbons (Fsp3) is 0.518. The summed E-state index contributed by atoms with van der Waals surface area (Å²) >= 11 is 6.50. The largest absolute Gasteiger partial charge is 0.494 e. The highest BCUT2D eigenvalue weighted by atomic mass is 35.5. The minimum Gasteiger partial charge on any atom is -0.494 e. The van der Waals surface area contributed by atoms with Crippen LogP contribution in [0.3, 0.4) is 0 Å². The van der Waals surface area contributed by atoms with Crippen LogP contribution in [0.2, 0.25) is 5.02 Å². The van der Waals surface area contributed by atoms with Gasteiger partial charge in [0.2, 0.25) is 29.6 Å². The smallest absolute Gasteiger partial charge is 0.255 e. The molecular formula is C56H72ClN12O7P. The third-order valence-electron chi connectivity index (χ3n) is 16.4. The molecule has 4 N–H and O–H groups in total. The van der Waals surface area contributed by atoms with E-state index in [1.165, 1.54) is 17.5 Å². The SMILES string of the molecule is COc1cc(N2CCC(N3CCN(C(=O)CCCCN4CC5CC4CN5CCCCC(=O)Nc4cccc5c4CN(C4CCC(=O)NC4=O)C5=O)CC3)CC2)ccc1Nc1ncc(Cl)c(Nc2ccccc2P(C)(C)=O)n1. The van der Waals surface area contributed by atoms with Crippen molar-refractivity contribution in [2.24, 2.45) is 0 Å². The number of fused-ring (bicyclic) bond motifs is 3. The van der Waals surface area contributed by atoms with Crippen molar-refractivity contribution in [1.29, 1.82) is 0 Å². The van der Waals surface area contributed by atoms with Crippen LogP contribution in [0, 0.1) is 0 Å². The second-order valence-corrected chi connectivity index (χ2v) is 25.3. The highest BCUT2D eigenvalue weighted by Crippen LogP contribution is 2.40. The fourth-order valence-electron chi connectivity index (χ4n) is 12.3. The van der Waals surface area contributed by atoms with E-state index in [9.17, 15) is 28.5 Å². The molecule has 77 heavy (non-hydrogen) atoms. The molecule has 0 saturated carbocycles. The Labute approximate surface area is 456 Å². The zero-order valence-electron chi connectivity index (χ0n) is 44.5. The number of ether oxygens (including phenoxy) is 1. The van der Waals surface area contributed by atoms with Crippen molar-refractivity contribution in [3.8, 4) is 5.75 Å². The van der Waals surface area contributed by atoms with Crippen molar-refractivity contribution < 1.29 is 33.3 Å². The van der Waals surface area contributed by atoms with Gasteiger partial charge in [0.15, 0.2) is 5.82 Å². The van der Waals surface area contributed by atoms with Gasteiger partial charge < -0.3 is 40.0 Å². The van der Waals surface area contributed by atoms with Crippen molar-refractivity contribution in [2.75, 3.05) is 107 Å². The van der Waals surface area contributed by atoms with Gasteiger partial charge >= 0.3 is 0 Å². The van der Waals surface area contributed by atoms with E-state index in [2.05, 4.69) is 61.8 Å². The van der Waals surface area contributed by atoms with Crippen LogP contribution in [0.4, 0.5) is 34.5 Å². The van der Waals surface area contributed by atoms with Gasteiger partial charge in [-0.15, -0.1) is 0 Å². The topological polar surface area (TPSA) is 205 Å². The number of likely N-dealkylation sites (tertiary alicyclic amines) is 2. The predicted octanol–water partition coefficient (Wildman–Crippen LogP) is 6.49. The zero-order valence-corrected chi connectivity index (χ0v) is 46.1. The van der Waals surface area contributed by atoms with Crippen molar-refractivity contribution in [3.63, 3.8) is 0 Å². The van der Waals surface area contributed by atoms with Crippen LogP contribution in [0.5, 0.6) is 5.75 Å². The summed E-state index contributed by atoms with van der Waals surface area (Å²) in [6.07, 6.45) is 9.92. The maximum atomic E-state index is 13.3. The van der Waals surface area contributed by atoms with E-state index in [0.717, 1.165) is 115 Å². The summed E-state index contributed by atoms with van der Waals surface area (Å²) in [4.78, 5) is 86.5. The molecule has 6 aliphatic rings. The second-order valence-electron chi connectivity index (χ2n) is 21.8. The Kier molecular flexibility index (Phi) is 16.8. The van der Waals surface area contributed by atoms with Crippen LogP contribution in [-0.2, 0) is 30.3 Å². The lowest BCUT2D eigenvalue weighted by atomic mass is 10.0. The summed E-state index contributed by atoms with van der Waals surface area (Å²) in [6.45, 7) is 13.0. The van der Waals surface area contributed by atoms with Crippen molar-refractivity contribution in [3.05, 3.63) is 83.0 Å². The number of unbranched alkanes of at least 4 members (excludes halogenated alkanes) is 2. The number of nitrogens with one attached hydrogen (secondary N) is 4. The molecule has 3 unspecified atom stereocenters. The van der Waals surface area contributed by atoms with Gasteiger partial charge in [0.05, 0.1) is 24.7 Å². The van der Waals surface area contributed by atoms with Crippen molar-refractivity contribution in [2.45, 2.75) is 101 Å². The van der Waals surface area contributed by atoms with Gasteiger partial charge in [-0.2, -0.15) is 4.98 Å². The fourth-order valence-corrected chi connectivity index (χ4v) is 13.6. The third kappa shape index (κ3) is 12.6. The molecule has 5 amide bonds. The molecular weight excluding hydrogens is 1020 g/mol. The first-order valence-electron chi connectivity index (χ1n) is 27.4. The number of aromatic nitrogens is 2. The molecule has 0 spiro atoms. The lowest BCUT2D eigenvalue weighted by Gasteiger charge is -2.43. The number of piperidine rings is 2. The summed E-state index contributed by atoms with van der Waals surface area (Å²) in [6, 6.07) is 19.7. The Morgan fingerprint density at radius 3 is 2.22 bits per heavy atom. The summed E-state index contributed by atoms with van der Waals surface area (Å²) in [5.41, 5.74) is 4.28. The maximum Gasteiger partial charge on any atom is 0.255 e. The zero-order chi connectivity index (χ0) is 53.8. The molecule has 21 heteroatoms. The molecule has 19 nitrogen and oxygen atoms in total. The van der Waals surface area contributed by atoms with Gasteiger partial charge in [-0.05, 0) is 114 Å². The Hall–Kier alpha value is -6.11. The summed E-state index contributed by atoms with van der Waals surface area (Å²) in [7, 11) is -0.906. The van der Waals surface area contributed by atoms with E-state index in [0.29, 0.717) is 87.7 Å². The van der Waals surface area contributed by atoms with E-state index in [-0.39, 0.29) is 36.6 Å². The number of halogens is 1. The number of nitrogens with zero attached hydrogens (tertiary/aromatic N) is 8. The van der Waals surface area contributed by atoms with Crippen LogP contribution in [-0.4, -0.2) is 174 Å². The number of piperazine rings is 2. The number of amides is 5. The number of rotatable bonds is 20. The number of hydrogen-bond acceptors (Lipinski definition) is 15. The van der Waals surface area contributed by atoms with Crippen LogP contribution < -0.4 is 36.2 Å². The molecule has 7 heterocycles. The Morgan fingerprint density at radius 2 is 1.52 bits per heavy atom. The van der Waals surface area contributed by atoms with Gasteiger partial charge in [-0.1, -0.05) is 29.8 Å². The average Bonchev–Trinajstić information content (AvgIpc) is 4.14. The number of carbonyl (C=O) groups excluding carboxylic acids is 5. The van der Waals surface area contributed by atoms with Crippen LogP contribution in [0.15, 0.2) is 66.9 Å². The summed E-state index contributed by atoms with van der Waals surface area (Å²) < 4.78 is 18.8. The van der Waals surface area contributed by atoms with E-state index < -0.39 is 19.1 Å². The van der Waals surface area contributed by atoms with Crippen LogP contribution in [0.25, 0.3) is 0 Å². The van der Waals surface area contributed by atoms with Crippen molar-refractivity contribution in [1.82, 2.24) is 39.8 Å². The summed E-state index contributed by atoms with van der Waals surface area (Å²) in [5.74, 6) is 0.562. The monoisotopic (exact) mass is 1090 g/mol. The molecule has 6 aliphatic heterocycles. The average molecular weight is 1090 g/mol. The number of para-hydroxylation sites is 1. The summed E-state index contributed by atoms with van der Waals surface area (Å²) in [5, 5.41) is 12.9. The second kappa shape index (κ2) is 23.9. The van der Waals surface area contributed by atoms with Gasteiger partial charge in [-0.25, -0.2) is 4.98 Å². The van der Waals surface area contributed by atoms with Gasteiger partial charge in [0, 0.05) is 130 Å².